The number of nitrogens with zero attached hydrogens (tertiary/aromatic N) is 2. The molecule has 5 fully saturated rings. The second-order valence-corrected chi connectivity index (χ2v) is 15.0. The predicted molar refractivity (Wildman–Crippen MR) is 158 cm³/mol. The van der Waals surface area contributed by atoms with Crippen LogP contribution in [0.25, 0.3) is 0 Å². The smallest absolute Gasteiger partial charge is 0.222 e. The Hall–Kier alpha value is -1.39. The van der Waals surface area contributed by atoms with Crippen molar-refractivity contribution in [3.8, 4) is 0 Å². The van der Waals surface area contributed by atoms with Crippen LogP contribution in [0.3, 0.4) is 0 Å². The van der Waals surface area contributed by atoms with Gasteiger partial charge in [-0.1, -0.05) is 51.1 Å². The minimum atomic E-state index is -0.0499. The molecule has 4 nitrogen and oxygen atoms in total. The van der Waals surface area contributed by atoms with Gasteiger partial charge in [-0.25, -0.2) is 0 Å². The summed E-state index contributed by atoms with van der Waals surface area (Å²) in [5.74, 6) is 5.19. The molecular weight excluding hydrogens is 480 g/mol. The quantitative estimate of drug-likeness (QED) is 0.438. The summed E-state index contributed by atoms with van der Waals surface area (Å²) < 4.78 is 0. The van der Waals surface area contributed by atoms with Crippen LogP contribution in [0.15, 0.2) is 30.3 Å². The van der Waals surface area contributed by atoms with Gasteiger partial charge >= 0.3 is 0 Å². The summed E-state index contributed by atoms with van der Waals surface area (Å²) in [6.07, 6.45) is 13.4. The standard InChI is InChI=1S/C35H54N2O2/c1-25(9-14-33(39)37-21-19-36(20-22-37)24-26-7-5-4-6-8-26)30-12-13-31-29-11-10-27-23-28(38)15-17-34(27,2)32(29)16-18-35(30,31)3/h4-8,25,27-32,38H,9-24H2,1-3H3/t25-,27-,28-,29+,30-,31+,32+,34+,35-/m1/s1. The molecule has 1 saturated heterocycles. The van der Waals surface area contributed by atoms with Crippen LogP contribution < -0.4 is 0 Å². The van der Waals surface area contributed by atoms with E-state index in [1.165, 1.54) is 50.5 Å². The van der Waals surface area contributed by atoms with Crippen molar-refractivity contribution in [2.45, 2.75) is 104 Å². The van der Waals surface area contributed by atoms with Gasteiger partial charge in [0.25, 0.3) is 0 Å². The molecule has 9 atom stereocenters. The summed E-state index contributed by atoms with van der Waals surface area (Å²) in [6, 6.07) is 10.7. The Bertz CT molecular complexity index is 990. The van der Waals surface area contributed by atoms with Gasteiger partial charge in [0, 0.05) is 39.1 Å². The lowest BCUT2D eigenvalue weighted by atomic mass is 9.44. The molecule has 1 aromatic rings. The van der Waals surface area contributed by atoms with Crippen molar-refractivity contribution in [2.24, 2.45) is 46.3 Å². The maximum Gasteiger partial charge on any atom is 0.222 e. The third-order valence-electron chi connectivity index (χ3n) is 13.2. The van der Waals surface area contributed by atoms with E-state index in [0.29, 0.717) is 22.7 Å². The van der Waals surface area contributed by atoms with Gasteiger partial charge in [0.15, 0.2) is 0 Å². The van der Waals surface area contributed by atoms with E-state index < -0.39 is 0 Å². The molecule has 5 aliphatic rings. The number of benzene rings is 1. The number of carbonyl (C=O) groups is 1. The Balaban J connectivity index is 1.01. The van der Waals surface area contributed by atoms with E-state index in [-0.39, 0.29) is 6.10 Å². The van der Waals surface area contributed by atoms with Crippen LogP contribution in [0.2, 0.25) is 0 Å². The summed E-state index contributed by atoms with van der Waals surface area (Å²) in [5, 5.41) is 10.4. The molecule has 4 heteroatoms. The largest absolute Gasteiger partial charge is 0.393 e. The van der Waals surface area contributed by atoms with Crippen molar-refractivity contribution >= 4 is 5.91 Å². The average molecular weight is 535 g/mol. The van der Waals surface area contributed by atoms with E-state index in [1.54, 1.807) is 0 Å². The zero-order valence-electron chi connectivity index (χ0n) is 25.0. The molecule has 0 spiro atoms. The van der Waals surface area contributed by atoms with E-state index >= 15 is 0 Å². The van der Waals surface area contributed by atoms with Crippen LogP contribution in [0, 0.1) is 46.3 Å². The van der Waals surface area contributed by atoms with Crippen molar-refractivity contribution in [3.63, 3.8) is 0 Å². The first-order valence-electron chi connectivity index (χ1n) is 16.5. The van der Waals surface area contributed by atoms with E-state index in [1.807, 2.05) is 0 Å². The van der Waals surface area contributed by atoms with Crippen LogP contribution in [-0.4, -0.2) is 53.1 Å². The molecule has 0 unspecified atom stereocenters. The van der Waals surface area contributed by atoms with Gasteiger partial charge in [0.2, 0.25) is 5.91 Å². The number of aliphatic hydroxyl groups is 1. The van der Waals surface area contributed by atoms with Gasteiger partial charge in [0.05, 0.1) is 6.10 Å². The number of amides is 1. The Morgan fingerprint density at radius 1 is 0.923 bits per heavy atom. The second-order valence-electron chi connectivity index (χ2n) is 15.0. The topological polar surface area (TPSA) is 43.8 Å². The molecule has 0 aromatic heterocycles. The lowest BCUT2D eigenvalue weighted by Gasteiger charge is -2.61. The van der Waals surface area contributed by atoms with Gasteiger partial charge in [-0.3, -0.25) is 9.69 Å². The highest BCUT2D eigenvalue weighted by Crippen LogP contribution is 2.68. The molecule has 1 aliphatic heterocycles. The van der Waals surface area contributed by atoms with Gasteiger partial charge in [-0.05, 0) is 116 Å². The number of aliphatic hydroxyl groups excluding tert-OH is 1. The predicted octanol–water partition coefficient (Wildman–Crippen LogP) is 6.77. The number of fused-ring (bicyclic) bond motifs is 5. The molecule has 6 rings (SSSR count). The highest BCUT2D eigenvalue weighted by molar-refractivity contribution is 5.76. The molecule has 1 N–H and O–H groups in total. The van der Waals surface area contributed by atoms with Crippen LogP contribution in [0.1, 0.15) is 97.0 Å². The lowest BCUT2D eigenvalue weighted by Crippen LogP contribution is -2.54. The molecular formula is C35H54N2O2. The number of hydrogen-bond donors (Lipinski definition) is 1. The van der Waals surface area contributed by atoms with Crippen LogP contribution >= 0.6 is 0 Å². The Morgan fingerprint density at radius 2 is 1.64 bits per heavy atom. The highest BCUT2D eigenvalue weighted by atomic mass is 16.3. The number of rotatable bonds is 6. The first-order valence-corrected chi connectivity index (χ1v) is 16.5. The molecule has 39 heavy (non-hydrogen) atoms. The summed E-state index contributed by atoms with van der Waals surface area (Å²) >= 11 is 0. The van der Waals surface area contributed by atoms with E-state index in [9.17, 15) is 9.90 Å². The molecule has 4 saturated carbocycles. The first-order chi connectivity index (χ1) is 18.8. The normalized spacial score (nSPS) is 41.4. The van der Waals surface area contributed by atoms with Crippen molar-refractivity contribution in [1.29, 1.82) is 0 Å². The molecule has 1 aromatic carbocycles. The average Bonchev–Trinajstić information content (AvgIpc) is 3.30. The van der Waals surface area contributed by atoms with E-state index in [2.05, 4.69) is 60.9 Å². The van der Waals surface area contributed by atoms with E-state index in [0.717, 1.165) is 88.0 Å². The van der Waals surface area contributed by atoms with Gasteiger partial charge < -0.3 is 10.0 Å². The van der Waals surface area contributed by atoms with Crippen LogP contribution in [0.4, 0.5) is 0 Å². The maximum atomic E-state index is 13.2. The van der Waals surface area contributed by atoms with Gasteiger partial charge in [-0.2, -0.15) is 0 Å². The first kappa shape index (κ1) is 27.8. The van der Waals surface area contributed by atoms with E-state index in [4.69, 9.17) is 0 Å². The molecule has 0 radical (unpaired) electrons. The zero-order valence-corrected chi connectivity index (χ0v) is 25.0. The monoisotopic (exact) mass is 534 g/mol. The van der Waals surface area contributed by atoms with Gasteiger partial charge in [0.1, 0.15) is 0 Å². The fourth-order valence-electron chi connectivity index (χ4n) is 10.9. The fraction of sp³-hybridized carbons (Fsp3) is 0.800. The zero-order chi connectivity index (χ0) is 27.2. The second kappa shape index (κ2) is 11.1. The Morgan fingerprint density at radius 3 is 2.41 bits per heavy atom. The Labute approximate surface area is 237 Å². The van der Waals surface area contributed by atoms with Gasteiger partial charge in [-0.15, -0.1) is 0 Å². The molecule has 1 amide bonds. The van der Waals surface area contributed by atoms with Crippen LogP contribution in [-0.2, 0) is 11.3 Å². The molecule has 1 heterocycles. The lowest BCUT2D eigenvalue weighted by molar-refractivity contribution is -0.134. The number of piperazine rings is 1. The third-order valence-corrected chi connectivity index (χ3v) is 13.2. The third kappa shape index (κ3) is 5.23. The van der Waals surface area contributed by atoms with Crippen LogP contribution in [0.5, 0.6) is 0 Å². The summed E-state index contributed by atoms with van der Waals surface area (Å²) in [4.78, 5) is 17.8. The minimum Gasteiger partial charge on any atom is -0.393 e. The Kier molecular flexibility index (Phi) is 7.92. The minimum absolute atomic E-state index is 0.0499. The molecule has 216 valence electrons. The van der Waals surface area contributed by atoms with Crippen molar-refractivity contribution < 1.29 is 9.90 Å². The van der Waals surface area contributed by atoms with Crippen molar-refractivity contribution in [1.82, 2.24) is 9.80 Å². The summed E-state index contributed by atoms with van der Waals surface area (Å²) in [7, 11) is 0. The molecule has 0 bridgehead atoms. The SMILES string of the molecule is C[C@H](CCC(=O)N1CCN(Cc2ccccc2)CC1)[C@H]1CC[C@H]2[C@@H]3CC[C@@H]4C[C@H](O)CC[C@]4(C)[C@H]3CC[C@]12C. The summed E-state index contributed by atoms with van der Waals surface area (Å²) in [5.41, 5.74) is 2.29. The maximum absolute atomic E-state index is 13.2. The number of carbonyl (C=O) groups excluding carboxylic acids is 1. The highest BCUT2D eigenvalue weighted by Gasteiger charge is 2.60. The van der Waals surface area contributed by atoms with Crippen molar-refractivity contribution in [3.05, 3.63) is 35.9 Å². The van der Waals surface area contributed by atoms with Crippen molar-refractivity contribution in [2.75, 3.05) is 26.2 Å². The summed E-state index contributed by atoms with van der Waals surface area (Å²) in [6.45, 7) is 12.4. The fourth-order valence-corrected chi connectivity index (χ4v) is 10.9. The molecule has 4 aliphatic carbocycles. The number of hydrogen-bond acceptors (Lipinski definition) is 3.